The van der Waals surface area contributed by atoms with Crippen LogP contribution in [-0.2, 0) is 4.79 Å². The molecule has 4 saturated carbocycles. The predicted octanol–water partition coefficient (Wildman–Crippen LogP) is 2.03. The van der Waals surface area contributed by atoms with Gasteiger partial charge in [-0.25, -0.2) is 5.43 Å². The van der Waals surface area contributed by atoms with E-state index in [4.69, 9.17) is 5.73 Å². The van der Waals surface area contributed by atoms with E-state index in [9.17, 15) is 4.79 Å². The number of nitrogens with zero attached hydrogens (tertiary/aromatic N) is 2. The Morgan fingerprint density at radius 3 is 2.09 bits per heavy atom. The maximum absolute atomic E-state index is 12.8. The van der Waals surface area contributed by atoms with Crippen LogP contribution < -0.4 is 11.2 Å². The third-order valence-corrected chi connectivity index (χ3v) is 6.42. The Labute approximate surface area is 132 Å². The molecule has 0 saturated heterocycles. The van der Waals surface area contributed by atoms with Crippen molar-refractivity contribution in [3.8, 4) is 0 Å². The molecule has 5 nitrogen and oxygen atoms in total. The predicted molar refractivity (Wildman–Crippen MR) is 85.8 cm³/mol. The lowest BCUT2D eigenvalue weighted by Crippen LogP contribution is -2.69. The molecule has 1 aliphatic heterocycles. The summed E-state index contributed by atoms with van der Waals surface area (Å²) < 4.78 is 0. The van der Waals surface area contributed by atoms with Crippen LogP contribution in [0.15, 0.2) is 5.10 Å². The Morgan fingerprint density at radius 2 is 1.64 bits per heavy atom. The van der Waals surface area contributed by atoms with Gasteiger partial charge in [-0.15, -0.1) is 5.10 Å². The van der Waals surface area contributed by atoms with E-state index in [-0.39, 0.29) is 22.9 Å². The Hall–Kier alpha value is -1.26. The molecule has 0 aromatic heterocycles. The van der Waals surface area contributed by atoms with Crippen molar-refractivity contribution < 1.29 is 4.79 Å². The van der Waals surface area contributed by atoms with Crippen LogP contribution in [0.2, 0.25) is 0 Å². The number of amides is 1. The first kappa shape index (κ1) is 14.3. The third-order valence-electron chi connectivity index (χ3n) is 6.42. The fourth-order valence-corrected chi connectivity index (χ4v) is 6.27. The molecule has 122 valence electrons. The van der Waals surface area contributed by atoms with Crippen LogP contribution in [0, 0.1) is 23.2 Å². The molecular formula is C17H28N4O. The van der Waals surface area contributed by atoms with Gasteiger partial charge in [-0.1, -0.05) is 0 Å². The summed E-state index contributed by atoms with van der Waals surface area (Å²) in [6.45, 7) is 6.38. The van der Waals surface area contributed by atoms with Gasteiger partial charge in [0.25, 0.3) is 5.91 Å². The van der Waals surface area contributed by atoms with Crippen molar-refractivity contribution in [2.75, 3.05) is 0 Å². The zero-order chi connectivity index (χ0) is 15.7. The monoisotopic (exact) mass is 304 g/mol. The molecule has 5 rings (SSSR count). The molecule has 5 heteroatoms. The minimum Gasteiger partial charge on any atom is -0.368 e. The lowest BCUT2D eigenvalue weighted by Gasteiger charge is -2.62. The molecule has 5 aliphatic rings. The van der Waals surface area contributed by atoms with Crippen LogP contribution in [0.25, 0.3) is 0 Å². The van der Waals surface area contributed by atoms with E-state index in [1.165, 1.54) is 38.5 Å². The fourth-order valence-electron chi connectivity index (χ4n) is 6.27. The highest BCUT2D eigenvalue weighted by Crippen LogP contribution is 2.62. The van der Waals surface area contributed by atoms with Crippen molar-refractivity contribution in [3.63, 3.8) is 0 Å². The number of hydrogen-bond donors (Lipinski definition) is 2. The van der Waals surface area contributed by atoms with Gasteiger partial charge in [-0.2, -0.15) is 0 Å². The van der Waals surface area contributed by atoms with Crippen LogP contribution in [0.5, 0.6) is 0 Å². The van der Waals surface area contributed by atoms with Gasteiger partial charge >= 0.3 is 0 Å². The maximum atomic E-state index is 12.8. The van der Waals surface area contributed by atoms with Crippen molar-refractivity contribution in [1.82, 2.24) is 10.3 Å². The smallest absolute Gasteiger partial charge is 0.263 e. The minimum atomic E-state index is -0.195. The first-order valence-electron chi connectivity index (χ1n) is 8.71. The number of carbonyl (C=O) groups is 1. The Balaban J connectivity index is 1.76. The van der Waals surface area contributed by atoms with Gasteiger partial charge in [0.05, 0.1) is 0 Å². The van der Waals surface area contributed by atoms with Crippen molar-refractivity contribution >= 4 is 11.9 Å². The number of nitrogens with two attached hydrogens (primary N) is 1. The topological polar surface area (TPSA) is 70.7 Å². The molecule has 4 bridgehead atoms. The largest absolute Gasteiger partial charge is 0.368 e. The molecule has 0 radical (unpaired) electrons. The summed E-state index contributed by atoms with van der Waals surface area (Å²) in [4.78, 5) is 14.9. The van der Waals surface area contributed by atoms with E-state index in [0.29, 0.717) is 5.96 Å². The highest BCUT2D eigenvalue weighted by atomic mass is 16.2. The quantitative estimate of drug-likeness (QED) is 0.778. The van der Waals surface area contributed by atoms with Gasteiger partial charge in [-0.3, -0.25) is 4.79 Å². The molecule has 4 aliphatic carbocycles. The molecule has 0 aromatic carbocycles. The van der Waals surface area contributed by atoms with Crippen LogP contribution in [0.1, 0.15) is 59.3 Å². The Morgan fingerprint density at radius 1 is 1.14 bits per heavy atom. The fraction of sp³-hybridized carbons (Fsp3) is 0.882. The summed E-state index contributed by atoms with van der Waals surface area (Å²) in [5, 5.41) is 4.06. The number of carbonyl (C=O) groups excluding carboxylic acids is 1. The molecular weight excluding hydrogens is 276 g/mol. The average Bonchev–Trinajstić information content (AvgIpc) is 2.38. The number of hydrogen-bond acceptors (Lipinski definition) is 4. The molecule has 3 N–H and O–H groups in total. The molecule has 1 unspecified atom stereocenters. The molecule has 0 aromatic rings. The van der Waals surface area contributed by atoms with E-state index >= 15 is 0 Å². The highest BCUT2D eigenvalue weighted by molar-refractivity contribution is 5.93. The molecule has 0 spiro atoms. The van der Waals surface area contributed by atoms with Crippen LogP contribution in [0.3, 0.4) is 0 Å². The zero-order valence-corrected chi connectivity index (χ0v) is 13.9. The minimum absolute atomic E-state index is 0.0473. The average molecular weight is 304 g/mol. The Bertz CT molecular complexity index is 498. The van der Waals surface area contributed by atoms with Gasteiger partial charge in [0.2, 0.25) is 5.96 Å². The van der Waals surface area contributed by atoms with Crippen molar-refractivity contribution in [1.29, 1.82) is 0 Å². The van der Waals surface area contributed by atoms with Crippen LogP contribution in [-0.4, -0.2) is 28.3 Å². The Kier molecular flexibility index (Phi) is 2.86. The van der Waals surface area contributed by atoms with E-state index in [1.54, 1.807) is 0 Å². The second kappa shape index (κ2) is 4.39. The van der Waals surface area contributed by atoms with E-state index in [1.807, 2.05) is 0 Å². The highest BCUT2D eigenvalue weighted by Gasteiger charge is 2.59. The lowest BCUT2D eigenvalue weighted by atomic mass is 9.47. The summed E-state index contributed by atoms with van der Waals surface area (Å²) in [6, 6.07) is -0.154. The van der Waals surface area contributed by atoms with Gasteiger partial charge in [0.15, 0.2) is 0 Å². The lowest BCUT2D eigenvalue weighted by molar-refractivity contribution is -0.147. The second-order valence-corrected chi connectivity index (χ2v) is 9.17. The zero-order valence-electron chi connectivity index (χ0n) is 13.9. The molecule has 1 atom stereocenters. The summed E-state index contributed by atoms with van der Waals surface area (Å²) in [5.41, 5.74) is 8.80. The van der Waals surface area contributed by atoms with Gasteiger partial charge < -0.3 is 10.6 Å². The maximum Gasteiger partial charge on any atom is 0.263 e. The molecule has 22 heavy (non-hydrogen) atoms. The summed E-state index contributed by atoms with van der Waals surface area (Å²) in [6.07, 6.45) is 7.72. The summed E-state index contributed by atoms with van der Waals surface area (Å²) in [7, 11) is 0. The van der Waals surface area contributed by atoms with Crippen molar-refractivity contribution in [2.24, 2.45) is 34.0 Å². The standard InChI is InChI=1S/C17H28N4O/c1-16(2,3)21-13(14(22)19-20-15(21)18)17-7-10-4-11(8-17)6-12(5-10)9-17/h10-13H,4-9H2,1-3H3,(H2,18,20)(H,19,22). The number of guanidine groups is 1. The first-order chi connectivity index (χ1) is 10.3. The third kappa shape index (κ3) is 1.97. The van der Waals surface area contributed by atoms with Gasteiger partial charge in [0.1, 0.15) is 6.04 Å². The van der Waals surface area contributed by atoms with Crippen LogP contribution >= 0.6 is 0 Å². The first-order valence-corrected chi connectivity index (χ1v) is 8.71. The van der Waals surface area contributed by atoms with E-state index in [2.05, 4.69) is 36.2 Å². The normalized spacial score (nSPS) is 44.0. The number of hydrazone groups is 1. The molecule has 1 amide bonds. The summed E-state index contributed by atoms with van der Waals surface area (Å²) >= 11 is 0. The SMILES string of the molecule is CC(C)(C)N1C(N)=NNC(=O)C1C12CC3CC(CC(C3)C1)C2. The summed E-state index contributed by atoms with van der Waals surface area (Å²) in [5.74, 6) is 2.97. The van der Waals surface area contributed by atoms with Crippen LogP contribution in [0.4, 0.5) is 0 Å². The molecule has 1 heterocycles. The van der Waals surface area contributed by atoms with Crippen molar-refractivity contribution in [3.05, 3.63) is 0 Å². The van der Waals surface area contributed by atoms with E-state index in [0.717, 1.165) is 17.8 Å². The van der Waals surface area contributed by atoms with E-state index < -0.39 is 0 Å². The van der Waals surface area contributed by atoms with Crippen molar-refractivity contribution in [2.45, 2.75) is 70.9 Å². The second-order valence-electron chi connectivity index (χ2n) is 9.17. The van der Waals surface area contributed by atoms with Gasteiger partial charge in [-0.05, 0) is 77.0 Å². The molecule has 4 fully saturated rings. The number of rotatable bonds is 1. The van der Waals surface area contributed by atoms with Gasteiger partial charge in [0, 0.05) is 11.0 Å². The number of nitrogens with one attached hydrogen (secondary N) is 1.